The van der Waals surface area contributed by atoms with Gasteiger partial charge in [-0.1, -0.05) is 78.9 Å². The molecule has 7 rings (SSSR count). The van der Waals surface area contributed by atoms with Gasteiger partial charge in [0.2, 0.25) is 5.78 Å². The molecule has 0 atom stereocenters. The molecule has 4 aromatic carbocycles. The van der Waals surface area contributed by atoms with E-state index >= 15 is 0 Å². The molecule has 32 heavy (non-hydrogen) atoms. The Labute approximate surface area is 182 Å². The second-order valence-electron chi connectivity index (χ2n) is 8.03. The van der Waals surface area contributed by atoms with Crippen LogP contribution in [-0.2, 0) is 0 Å². The van der Waals surface area contributed by atoms with E-state index < -0.39 is 0 Å². The van der Waals surface area contributed by atoms with Gasteiger partial charge in [0.25, 0.3) is 5.56 Å². The standard InChI is InChI=1S/C28H17N3O/c32-27-20-13-5-4-12-19(20)25(18-10-2-1-3-11-18)26-21-14-6-8-16-23(21)30-24-17-9-7-15-22(24)29-28(30)31(26)27/h1-17H. The summed E-state index contributed by atoms with van der Waals surface area (Å²) in [4.78, 5) is 18.8. The molecule has 4 nitrogen and oxygen atoms in total. The largest absolute Gasteiger partial charge is 0.277 e. The van der Waals surface area contributed by atoms with Crippen molar-refractivity contribution in [3.05, 3.63) is 113 Å². The van der Waals surface area contributed by atoms with E-state index in [1.165, 1.54) is 0 Å². The fraction of sp³-hybridized carbons (Fsp3) is 0. The molecule has 0 unspecified atom stereocenters. The summed E-state index contributed by atoms with van der Waals surface area (Å²) in [7, 11) is 0. The van der Waals surface area contributed by atoms with Gasteiger partial charge in [-0.2, -0.15) is 0 Å². The highest BCUT2D eigenvalue weighted by Gasteiger charge is 2.20. The summed E-state index contributed by atoms with van der Waals surface area (Å²) in [5, 5.41) is 2.66. The number of imidazole rings is 1. The van der Waals surface area contributed by atoms with E-state index in [-0.39, 0.29) is 5.56 Å². The highest BCUT2D eigenvalue weighted by Crippen LogP contribution is 2.36. The van der Waals surface area contributed by atoms with E-state index in [9.17, 15) is 4.79 Å². The summed E-state index contributed by atoms with van der Waals surface area (Å²) in [6.07, 6.45) is 0. The summed E-state index contributed by atoms with van der Waals surface area (Å²) in [5.74, 6) is 0.632. The van der Waals surface area contributed by atoms with Crippen LogP contribution in [-0.4, -0.2) is 13.8 Å². The number of para-hydroxylation sites is 3. The molecule has 0 aliphatic heterocycles. The summed E-state index contributed by atoms with van der Waals surface area (Å²) in [5.41, 5.74) is 5.84. The Balaban J connectivity index is 1.91. The molecule has 0 aliphatic carbocycles. The first kappa shape index (κ1) is 17.3. The number of benzene rings is 4. The van der Waals surface area contributed by atoms with Gasteiger partial charge >= 0.3 is 0 Å². The fourth-order valence-electron chi connectivity index (χ4n) is 4.96. The smallest absolute Gasteiger partial charge is 0.265 e. The van der Waals surface area contributed by atoms with E-state index in [0.29, 0.717) is 11.2 Å². The third-order valence-corrected chi connectivity index (χ3v) is 6.30. The topological polar surface area (TPSA) is 38.8 Å². The molecule has 0 fully saturated rings. The molecule has 0 bridgehead atoms. The minimum atomic E-state index is -0.0543. The lowest BCUT2D eigenvalue weighted by Crippen LogP contribution is -2.18. The van der Waals surface area contributed by atoms with Gasteiger partial charge in [-0.05, 0) is 35.2 Å². The van der Waals surface area contributed by atoms with Crippen molar-refractivity contribution in [3.8, 4) is 11.1 Å². The van der Waals surface area contributed by atoms with Crippen LogP contribution in [0.1, 0.15) is 0 Å². The highest BCUT2D eigenvalue weighted by molar-refractivity contribution is 6.13. The van der Waals surface area contributed by atoms with Gasteiger partial charge in [-0.15, -0.1) is 0 Å². The number of rotatable bonds is 1. The number of aromatic nitrogens is 3. The molecule has 0 radical (unpaired) electrons. The molecule has 0 aliphatic rings. The van der Waals surface area contributed by atoms with Crippen molar-refractivity contribution in [2.75, 3.05) is 0 Å². The monoisotopic (exact) mass is 411 g/mol. The predicted octanol–water partition coefficient (Wildman–Crippen LogP) is 6.07. The lowest BCUT2D eigenvalue weighted by molar-refractivity contribution is 1.08. The zero-order chi connectivity index (χ0) is 21.2. The summed E-state index contributed by atoms with van der Waals surface area (Å²) in [6.45, 7) is 0. The molecule has 0 amide bonds. The number of pyridine rings is 1. The van der Waals surface area contributed by atoms with Gasteiger partial charge in [-0.25, -0.2) is 9.38 Å². The SMILES string of the molecule is O=c1c2ccccc2c(-c2ccccc2)c2c3ccccc3n3c4ccccc4nc3n12. The van der Waals surface area contributed by atoms with Crippen LogP contribution in [0.4, 0.5) is 0 Å². The number of hydrogen-bond donors (Lipinski definition) is 0. The zero-order valence-electron chi connectivity index (χ0n) is 17.1. The Hall–Kier alpha value is -4.44. The maximum absolute atomic E-state index is 13.9. The van der Waals surface area contributed by atoms with Crippen LogP contribution in [0.5, 0.6) is 0 Å². The molecule has 0 spiro atoms. The van der Waals surface area contributed by atoms with Crippen LogP contribution in [0.2, 0.25) is 0 Å². The normalized spacial score (nSPS) is 11.9. The first-order valence-electron chi connectivity index (χ1n) is 10.6. The van der Waals surface area contributed by atoms with Gasteiger partial charge < -0.3 is 0 Å². The molecule has 3 heterocycles. The van der Waals surface area contributed by atoms with E-state index in [1.807, 2.05) is 72.8 Å². The van der Waals surface area contributed by atoms with Crippen molar-refractivity contribution in [1.82, 2.24) is 13.8 Å². The summed E-state index contributed by atoms with van der Waals surface area (Å²) in [6, 6.07) is 34.5. The van der Waals surface area contributed by atoms with E-state index in [4.69, 9.17) is 4.98 Å². The van der Waals surface area contributed by atoms with Crippen LogP contribution in [0.15, 0.2) is 108 Å². The van der Waals surface area contributed by atoms with Crippen LogP contribution in [0.3, 0.4) is 0 Å². The number of fused-ring (bicyclic) bond motifs is 9. The molecule has 4 heteroatoms. The first-order chi connectivity index (χ1) is 15.8. The van der Waals surface area contributed by atoms with E-state index in [1.54, 1.807) is 4.40 Å². The second-order valence-corrected chi connectivity index (χ2v) is 8.03. The predicted molar refractivity (Wildman–Crippen MR) is 130 cm³/mol. The van der Waals surface area contributed by atoms with E-state index in [0.717, 1.165) is 44.0 Å². The van der Waals surface area contributed by atoms with Crippen molar-refractivity contribution >= 4 is 44.0 Å². The van der Waals surface area contributed by atoms with Gasteiger partial charge in [0.15, 0.2) is 0 Å². The van der Waals surface area contributed by atoms with Gasteiger partial charge in [0.05, 0.1) is 22.1 Å². The van der Waals surface area contributed by atoms with Crippen LogP contribution in [0, 0.1) is 0 Å². The van der Waals surface area contributed by atoms with Gasteiger partial charge in [0.1, 0.15) is 0 Å². The van der Waals surface area contributed by atoms with E-state index in [2.05, 4.69) is 34.7 Å². The van der Waals surface area contributed by atoms with Crippen LogP contribution < -0.4 is 5.56 Å². The Bertz CT molecular complexity index is 1900. The first-order valence-corrected chi connectivity index (χ1v) is 10.6. The minimum absolute atomic E-state index is 0.0543. The Morgan fingerprint density at radius 2 is 1.19 bits per heavy atom. The molecule has 3 aromatic heterocycles. The third kappa shape index (κ3) is 2.16. The van der Waals surface area contributed by atoms with Crippen LogP contribution >= 0.6 is 0 Å². The number of hydrogen-bond acceptors (Lipinski definition) is 2. The third-order valence-electron chi connectivity index (χ3n) is 6.30. The van der Waals surface area contributed by atoms with Crippen molar-refractivity contribution in [2.45, 2.75) is 0 Å². The Kier molecular flexibility index (Phi) is 3.39. The molecule has 0 saturated carbocycles. The van der Waals surface area contributed by atoms with Gasteiger partial charge in [0, 0.05) is 16.3 Å². The maximum Gasteiger partial charge on any atom is 0.265 e. The Morgan fingerprint density at radius 3 is 2.00 bits per heavy atom. The van der Waals surface area contributed by atoms with Crippen molar-refractivity contribution in [2.24, 2.45) is 0 Å². The quantitative estimate of drug-likeness (QED) is 0.243. The van der Waals surface area contributed by atoms with Crippen molar-refractivity contribution in [3.63, 3.8) is 0 Å². The minimum Gasteiger partial charge on any atom is -0.277 e. The zero-order valence-corrected chi connectivity index (χ0v) is 17.1. The highest BCUT2D eigenvalue weighted by atomic mass is 16.1. The molecular formula is C28H17N3O. The molecule has 150 valence electrons. The fourth-order valence-corrected chi connectivity index (χ4v) is 4.96. The summed E-state index contributed by atoms with van der Waals surface area (Å²) >= 11 is 0. The molecular weight excluding hydrogens is 394 g/mol. The molecule has 0 saturated heterocycles. The van der Waals surface area contributed by atoms with Crippen molar-refractivity contribution in [1.29, 1.82) is 0 Å². The van der Waals surface area contributed by atoms with Crippen molar-refractivity contribution < 1.29 is 0 Å². The summed E-state index contributed by atoms with van der Waals surface area (Å²) < 4.78 is 3.90. The number of nitrogens with zero attached hydrogens (tertiary/aromatic N) is 3. The van der Waals surface area contributed by atoms with Gasteiger partial charge in [-0.3, -0.25) is 9.20 Å². The lowest BCUT2D eigenvalue weighted by Gasteiger charge is -2.16. The second kappa shape index (κ2) is 6.28. The lowest BCUT2D eigenvalue weighted by atomic mass is 9.96. The maximum atomic E-state index is 13.9. The van der Waals surface area contributed by atoms with Crippen LogP contribution in [0.25, 0.3) is 55.1 Å². The average Bonchev–Trinajstić information content (AvgIpc) is 3.24. The average molecular weight is 411 g/mol. The molecule has 0 N–H and O–H groups in total. The Morgan fingerprint density at radius 1 is 0.562 bits per heavy atom. The molecule has 7 aromatic rings.